The van der Waals surface area contributed by atoms with E-state index in [0.29, 0.717) is 18.1 Å². The van der Waals surface area contributed by atoms with Gasteiger partial charge in [0.15, 0.2) is 11.2 Å². The topological polar surface area (TPSA) is 124 Å². The SMILES string of the molecule is CC[C@H]1O[C@@H](n2cnc3c(=O)[nH]c(NC(=O)C(C)C)nc32)CC1O[P@@]1O[C@H](C[Si](C)(c2ccccc2)c2ccccc2)[C@@H]2CCCN21. The number of nitrogens with zero attached hydrogens (tertiary/aromatic N) is 4. The van der Waals surface area contributed by atoms with E-state index in [1.165, 1.54) is 10.4 Å². The van der Waals surface area contributed by atoms with E-state index in [1.54, 1.807) is 24.7 Å². The molecule has 0 saturated carbocycles. The van der Waals surface area contributed by atoms with Crippen molar-refractivity contribution in [3.63, 3.8) is 0 Å². The number of carbonyl (C=O) groups excluding carboxylic acids is 1. The summed E-state index contributed by atoms with van der Waals surface area (Å²) in [4.78, 5) is 36.6. The second kappa shape index (κ2) is 13.3. The van der Waals surface area contributed by atoms with Crippen LogP contribution in [0, 0.1) is 5.92 Å². The van der Waals surface area contributed by atoms with Crippen molar-refractivity contribution in [3.05, 3.63) is 77.3 Å². The number of rotatable bonds is 10. The van der Waals surface area contributed by atoms with Gasteiger partial charge in [-0.25, -0.2) is 9.65 Å². The summed E-state index contributed by atoms with van der Waals surface area (Å²) < 4.78 is 24.6. The summed E-state index contributed by atoms with van der Waals surface area (Å²) in [6.07, 6.45) is 4.49. The van der Waals surface area contributed by atoms with Gasteiger partial charge in [0.05, 0.1) is 24.6 Å². The molecular formula is C34H43N6O5PSi. The van der Waals surface area contributed by atoms with Gasteiger partial charge >= 0.3 is 0 Å². The smallest absolute Gasteiger partial charge is 0.280 e. The summed E-state index contributed by atoms with van der Waals surface area (Å²) in [5, 5.41) is 5.53. The van der Waals surface area contributed by atoms with Crippen LogP contribution in [0.1, 0.15) is 52.7 Å². The van der Waals surface area contributed by atoms with Crippen molar-refractivity contribution in [1.82, 2.24) is 24.2 Å². The summed E-state index contributed by atoms with van der Waals surface area (Å²) in [6.45, 7) is 9.10. The first kappa shape index (κ1) is 32.3. The van der Waals surface area contributed by atoms with Gasteiger partial charge in [0, 0.05) is 24.9 Å². The number of nitrogens with one attached hydrogen (secondary N) is 2. The number of H-pyrrole nitrogens is 1. The number of ether oxygens (including phenoxy) is 1. The third kappa shape index (κ3) is 6.23. The van der Waals surface area contributed by atoms with Crippen LogP contribution >= 0.6 is 8.53 Å². The number of fused-ring (bicyclic) bond motifs is 2. The molecule has 3 fully saturated rings. The van der Waals surface area contributed by atoms with Crippen LogP contribution in [-0.2, 0) is 18.6 Å². The van der Waals surface area contributed by atoms with Crippen LogP contribution in [0.25, 0.3) is 11.2 Å². The molecule has 3 aliphatic rings. The van der Waals surface area contributed by atoms with E-state index in [4.69, 9.17) is 13.8 Å². The largest absolute Gasteiger partial charge is 0.352 e. The number of amides is 1. The van der Waals surface area contributed by atoms with Crippen LogP contribution in [0.2, 0.25) is 12.6 Å². The molecule has 13 heteroatoms. The van der Waals surface area contributed by atoms with Gasteiger partial charge in [-0.05, 0) is 25.3 Å². The fraction of sp³-hybridized carbons (Fsp3) is 0.471. The Labute approximate surface area is 277 Å². The van der Waals surface area contributed by atoms with Gasteiger partial charge in [-0.3, -0.25) is 24.5 Å². The molecule has 2 aromatic carbocycles. The third-order valence-electron chi connectivity index (χ3n) is 9.88. The molecule has 5 heterocycles. The van der Waals surface area contributed by atoms with Gasteiger partial charge in [-0.1, -0.05) is 98.4 Å². The standard InChI is InChI=1S/C34H43N6O5PSi/c1-5-26-27(19-29(43-26)39-21-35-30-31(39)36-34(38-33(30)42)37-32(41)22(2)3)44-46-40-18-12-17-25(40)28(45-46)20-47(4,23-13-8-6-9-14-23)24-15-10-7-11-16-24/h6-11,13-16,21-22,25-29H,5,12,17-20H2,1-4H3,(H2,36,37,38,41,42)/t25-,26+,27?,28+,29+,46-/m0/s1. The highest BCUT2D eigenvalue weighted by atomic mass is 31.2. The Hall–Kier alpha value is -3.25. The average Bonchev–Trinajstić information content (AvgIpc) is 3.87. The van der Waals surface area contributed by atoms with Gasteiger partial charge in [0.1, 0.15) is 14.3 Å². The molecular weight excluding hydrogens is 631 g/mol. The maximum Gasteiger partial charge on any atom is 0.280 e. The Morgan fingerprint density at radius 2 is 1.83 bits per heavy atom. The summed E-state index contributed by atoms with van der Waals surface area (Å²) in [6, 6.07) is 23.2. The number of imidazole rings is 1. The van der Waals surface area contributed by atoms with Crippen molar-refractivity contribution in [3.8, 4) is 0 Å². The molecule has 3 aliphatic heterocycles. The summed E-state index contributed by atoms with van der Waals surface area (Å²) in [5.74, 6) is -0.399. The van der Waals surface area contributed by atoms with Gasteiger partial charge in [0.2, 0.25) is 11.9 Å². The van der Waals surface area contributed by atoms with E-state index in [1.807, 2.05) is 0 Å². The Bertz CT molecular complexity index is 1730. The molecule has 11 nitrogen and oxygen atoms in total. The highest BCUT2D eigenvalue weighted by Gasteiger charge is 2.51. The number of anilines is 1. The zero-order valence-electron chi connectivity index (χ0n) is 27.3. The number of aromatic amines is 1. The first-order chi connectivity index (χ1) is 22.7. The number of hydrogen-bond acceptors (Lipinski definition) is 8. The van der Waals surface area contributed by atoms with E-state index in [0.717, 1.165) is 31.9 Å². The molecule has 3 saturated heterocycles. The van der Waals surface area contributed by atoms with Crippen molar-refractivity contribution < 1.29 is 18.6 Å². The fourth-order valence-corrected chi connectivity index (χ4v) is 13.2. The molecule has 2 aromatic heterocycles. The molecule has 1 amide bonds. The summed E-state index contributed by atoms with van der Waals surface area (Å²) in [5.41, 5.74) is 0.145. The Balaban J connectivity index is 1.11. The van der Waals surface area contributed by atoms with Crippen LogP contribution in [0.4, 0.5) is 5.95 Å². The molecule has 0 aliphatic carbocycles. The summed E-state index contributed by atoms with van der Waals surface area (Å²) >= 11 is 0. The third-order valence-corrected chi connectivity index (χ3v) is 16.1. The number of hydrogen-bond donors (Lipinski definition) is 2. The normalized spacial score (nSPS) is 26.3. The Kier molecular flexibility index (Phi) is 9.16. The minimum atomic E-state index is -2.11. The number of carbonyl (C=O) groups is 1. The van der Waals surface area contributed by atoms with Gasteiger partial charge < -0.3 is 13.8 Å². The fourth-order valence-electron chi connectivity index (χ4n) is 7.20. The van der Waals surface area contributed by atoms with Crippen molar-refractivity contribution in [2.24, 2.45) is 5.92 Å². The zero-order chi connectivity index (χ0) is 32.7. The Morgan fingerprint density at radius 3 is 2.49 bits per heavy atom. The first-order valence-electron chi connectivity index (χ1n) is 16.7. The molecule has 1 unspecified atom stereocenters. The predicted molar refractivity (Wildman–Crippen MR) is 185 cm³/mol. The van der Waals surface area contributed by atoms with Gasteiger partial charge in [-0.2, -0.15) is 4.98 Å². The molecule has 4 aromatic rings. The summed E-state index contributed by atoms with van der Waals surface area (Å²) in [7, 11) is -3.38. The lowest BCUT2D eigenvalue weighted by atomic mass is 10.1. The highest BCUT2D eigenvalue weighted by molar-refractivity contribution is 7.45. The van der Waals surface area contributed by atoms with E-state index < -0.39 is 28.4 Å². The monoisotopic (exact) mass is 674 g/mol. The molecule has 248 valence electrons. The minimum absolute atomic E-state index is 0.0897. The zero-order valence-corrected chi connectivity index (χ0v) is 29.2. The molecule has 0 radical (unpaired) electrons. The maximum absolute atomic E-state index is 12.8. The van der Waals surface area contributed by atoms with E-state index >= 15 is 0 Å². The van der Waals surface area contributed by atoms with Crippen molar-refractivity contribution in [2.45, 2.75) is 89.6 Å². The lowest BCUT2D eigenvalue weighted by molar-refractivity contribution is -0.118. The lowest BCUT2D eigenvalue weighted by Crippen LogP contribution is -2.58. The molecule has 6 atom stereocenters. The van der Waals surface area contributed by atoms with Crippen LogP contribution in [-0.4, -0.2) is 69.1 Å². The van der Waals surface area contributed by atoms with Crippen molar-refractivity contribution in [2.75, 3.05) is 11.9 Å². The lowest BCUT2D eigenvalue weighted by Gasteiger charge is -2.32. The Morgan fingerprint density at radius 1 is 1.13 bits per heavy atom. The molecule has 0 bridgehead atoms. The van der Waals surface area contributed by atoms with Crippen molar-refractivity contribution >= 4 is 50.0 Å². The molecule has 0 spiro atoms. The van der Waals surface area contributed by atoms with Crippen molar-refractivity contribution in [1.29, 1.82) is 0 Å². The van der Waals surface area contributed by atoms with Crippen LogP contribution in [0.3, 0.4) is 0 Å². The average molecular weight is 675 g/mol. The van der Waals surface area contributed by atoms with E-state index in [-0.39, 0.29) is 41.6 Å². The molecule has 47 heavy (non-hydrogen) atoms. The van der Waals surface area contributed by atoms with Crippen LogP contribution in [0.5, 0.6) is 0 Å². The first-order valence-corrected chi connectivity index (χ1v) is 20.5. The van der Waals surface area contributed by atoms with E-state index in [9.17, 15) is 9.59 Å². The molecule has 2 N–H and O–H groups in total. The predicted octanol–water partition coefficient (Wildman–Crippen LogP) is 4.78. The number of aromatic nitrogens is 4. The quantitative estimate of drug-likeness (QED) is 0.182. The maximum atomic E-state index is 12.8. The van der Waals surface area contributed by atoms with E-state index in [2.05, 4.69) is 99.1 Å². The number of benzene rings is 2. The van der Waals surface area contributed by atoms with Gasteiger partial charge in [0.25, 0.3) is 14.1 Å². The minimum Gasteiger partial charge on any atom is -0.352 e. The highest BCUT2D eigenvalue weighted by Crippen LogP contribution is 2.59. The molecule has 7 rings (SSSR count). The second-order valence-corrected chi connectivity index (χ2v) is 19.0. The van der Waals surface area contributed by atoms with Gasteiger partial charge in [-0.15, -0.1) is 0 Å². The second-order valence-electron chi connectivity index (χ2n) is 13.3. The van der Waals surface area contributed by atoms with Crippen LogP contribution in [0.15, 0.2) is 71.8 Å². The van der Waals surface area contributed by atoms with Crippen LogP contribution < -0.4 is 21.2 Å².